The molecule has 2 aliphatic heterocycles. The van der Waals surface area contributed by atoms with Crippen LogP contribution in [0.1, 0.15) is 40.7 Å². The molecule has 2 amide bonds. The number of likely N-dealkylation sites (tertiary alicyclic amines) is 1. The summed E-state index contributed by atoms with van der Waals surface area (Å²) in [7, 11) is 0. The van der Waals surface area contributed by atoms with Crippen LogP contribution in [0.2, 0.25) is 0 Å². The monoisotopic (exact) mass is 666 g/mol. The lowest BCUT2D eigenvalue weighted by atomic mass is 9.99. The van der Waals surface area contributed by atoms with Gasteiger partial charge in [-0.25, -0.2) is 4.79 Å². The third-order valence-corrected chi connectivity index (χ3v) is 9.70. The predicted octanol–water partition coefficient (Wildman–Crippen LogP) is 7.79. The van der Waals surface area contributed by atoms with Crippen LogP contribution in [0.3, 0.4) is 0 Å². The molecule has 1 fully saturated rings. The van der Waals surface area contributed by atoms with E-state index in [1.807, 2.05) is 30.3 Å². The van der Waals surface area contributed by atoms with Gasteiger partial charge in [-0.05, 0) is 76.4 Å². The highest BCUT2D eigenvalue weighted by atomic mass is 16.7. The van der Waals surface area contributed by atoms with Crippen LogP contribution in [-0.4, -0.2) is 48.3 Å². The second-order valence-electron chi connectivity index (χ2n) is 13.3. The molecule has 0 unspecified atom stereocenters. The number of nitrogens with zero attached hydrogens (tertiary/aromatic N) is 2. The molecule has 2 heterocycles. The number of carbonyl (C=O) groups is 1. The van der Waals surface area contributed by atoms with Gasteiger partial charge in [0.2, 0.25) is 6.79 Å². The maximum Gasteiger partial charge on any atom is 0.317 e. The van der Waals surface area contributed by atoms with Gasteiger partial charge in [-0.3, -0.25) is 4.90 Å². The number of nitrogens with one attached hydrogen (secondary N) is 2. The Labute approximate surface area is 295 Å². The summed E-state index contributed by atoms with van der Waals surface area (Å²) in [6.45, 7) is 5.92. The van der Waals surface area contributed by atoms with Gasteiger partial charge >= 0.3 is 6.03 Å². The Balaban J connectivity index is 0.977. The molecule has 0 atom stereocenters. The summed E-state index contributed by atoms with van der Waals surface area (Å²) in [5.74, 6) is 1.62. The Morgan fingerprint density at radius 2 is 1.34 bits per heavy atom. The fourth-order valence-corrected chi connectivity index (χ4v) is 6.92. The quantitative estimate of drug-likeness (QED) is 0.134. The van der Waals surface area contributed by atoms with Gasteiger partial charge < -0.3 is 25.0 Å². The number of piperidine rings is 1. The van der Waals surface area contributed by atoms with Crippen LogP contribution in [0, 0.1) is 0 Å². The Hall–Kier alpha value is -5.11. The second kappa shape index (κ2) is 16.5. The number of urea groups is 1. The first kappa shape index (κ1) is 33.4. The average Bonchev–Trinajstić information content (AvgIpc) is 3.64. The molecule has 0 aliphatic carbocycles. The zero-order valence-corrected chi connectivity index (χ0v) is 28.6. The van der Waals surface area contributed by atoms with Crippen molar-refractivity contribution in [2.75, 3.05) is 26.4 Å². The predicted molar refractivity (Wildman–Crippen MR) is 199 cm³/mol. The minimum absolute atomic E-state index is 0.0189. The molecule has 0 saturated carbocycles. The van der Waals surface area contributed by atoms with E-state index in [-0.39, 0.29) is 12.1 Å². The molecule has 0 bridgehead atoms. The standard InChI is InChI=1S/C43H46N4O3/c48-43(45-23-20-33-8-3-1-4-9-33)47(40-21-24-46(25-22-40)30-35-10-5-2-6-11-35)31-37-12-7-13-39(26-37)38-17-14-34(15-18-38)28-44-29-36-16-19-41-42(27-36)50-32-49-41/h1-19,26-27,40,44H,20-25,28-32H2,(H,45,48). The van der Waals surface area contributed by atoms with Gasteiger partial charge in [-0.2, -0.15) is 0 Å². The second-order valence-corrected chi connectivity index (χ2v) is 13.3. The van der Waals surface area contributed by atoms with Crippen molar-refractivity contribution >= 4 is 6.03 Å². The fourth-order valence-electron chi connectivity index (χ4n) is 6.92. The van der Waals surface area contributed by atoms with E-state index in [1.165, 1.54) is 27.8 Å². The number of amides is 2. The maximum absolute atomic E-state index is 13.8. The third-order valence-electron chi connectivity index (χ3n) is 9.70. The van der Waals surface area contributed by atoms with E-state index in [1.54, 1.807) is 0 Å². The van der Waals surface area contributed by atoms with Gasteiger partial charge in [-0.1, -0.05) is 109 Å². The van der Waals surface area contributed by atoms with Crippen LogP contribution in [-0.2, 0) is 32.6 Å². The normalized spacial score (nSPS) is 14.4. The molecular formula is C43H46N4O3. The number of hydrogen-bond donors (Lipinski definition) is 2. The van der Waals surface area contributed by atoms with Crippen LogP contribution >= 0.6 is 0 Å². The van der Waals surface area contributed by atoms with E-state index in [4.69, 9.17) is 9.47 Å². The van der Waals surface area contributed by atoms with Crippen molar-refractivity contribution in [1.29, 1.82) is 0 Å². The van der Waals surface area contributed by atoms with Gasteiger partial charge in [0.15, 0.2) is 11.5 Å². The van der Waals surface area contributed by atoms with Gasteiger partial charge in [0, 0.05) is 51.9 Å². The summed E-state index contributed by atoms with van der Waals surface area (Å²) < 4.78 is 10.9. The average molecular weight is 667 g/mol. The molecule has 256 valence electrons. The smallest absolute Gasteiger partial charge is 0.317 e. The topological polar surface area (TPSA) is 66.1 Å². The Morgan fingerprint density at radius 1 is 0.660 bits per heavy atom. The van der Waals surface area contributed by atoms with Crippen molar-refractivity contribution in [3.63, 3.8) is 0 Å². The minimum Gasteiger partial charge on any atom is -0.454 e. The van der Waals surface area contributed by atoms with Crippen molar-refractivity contribution in [3.05, 3.63) is 155 Å². The first-order chi connectivity index (χ1) is 24.7. The molecule has 7 rings (SSSR count). The highest BCUT2D eigenvalue weighted by molar-refractivity contribution is 5.75. The number of benzene rings is 5. The number of rotatable bonds is 13. The van der Waals surface area contributed by atoms with Crippen molar-refractivity contribution < 1.29 is 14.3 Å². The molecule has 0 aromatic heterocycles. The molecule has 5 aromatic carbocycles. The first-order valence-electron chi connectivity index (χ1n) is 17.8. The van der Waals surface area contributed by atoms with E-state index >= 15 is 0 Å². The number of hydrogen-bond acceptors (Lipinski definition) is 5. The molecule has 2 aliphatic rings. The molecule has 0 spiro atoms. The van der Waals surface area contributed by atoms with Crippen LogP contribution in [0.25, 0.3) is 11.1 Å². The van der Waals surface area contributed by atoms with E-state index in [2.05, 4.69) is 117 Å². The molecule has 50 heavy (non-hydrogen) atoms. The zero-order chi connectivity index (χ0) is 34.0. The molecule has 2 N–H and O–H groups in total. The zero-order valence-electron chi connectivity index (χ0n) is 28.6. The number of fused-ring (bicyclic) bond motifs is 1. The van der Waals surface area contributed by atoms with Crippen LogP contribution in [0.15, 0.2) is 127 Å². The van der Waals surface area contributed by atoms with Crippen molar-refractivity contribution in [2.45, 2.75) is 51.5 Å². The lowest BCUT2D eigenvalue weighted by Crippen LogP contribution is -2.50. The van der Waals surface area contributed by atoms with E-state index in [9.17, 15) is 4.79 Å². The maximum atomic E-state index is 13.8. The van der Waals surface area contributed by atoms with E-state index < -0.39 is 0 Å². The van der Waals surface area contributed by atoms with Crippen LogP contribution < -0.4 is 20.1 Å². The van der Waals surface area contributed by atoms with E-state index in [0.29, 0.717) is 19.9 Å². The minimum atomic E-state index is 0.0189. The Morgan fingerprint density at radius 3 is 2.12 bits per heavy atom. The van der Waals surface area contributed by atoms with Gasteiger partial charge in [0.25, 0.3) is 0 Å². The van der Waals surface area contributed by atoms with Crippen molar-refractivity contribution in [2.24, 2.45) is 0 Å². The van der Waals surface area contributed by atoms with Crippen LogP contribution in [0.5, 0.6) is 11.5 Å². The lowest BCUT2D eigenvalue weighted by Gasteiger charge is -2.38. The van der Waals surface area contributed by atoms with Crippen molar-refractivity contribution in [3.8, 4) is 22.6 Å². The first-order valence-corrected chi connectivity index (χ1v) is 17.8. The molecule has 7 heteroatoms. The summed E-state index contributed by atoms with van der Waals surface area (Å²) in [5.41, 5.74) is 8.42. The van der Waals surface area contributed by atoms with Crippen molar-refractivity contribution in [1.82, 2.24) is 20.4 Å². The highest BCUT2D eigenvalue weighted by Gasteiger charge is 2.28. The molecule has 7 nitrogen and oxygen atoms in total. The van der Waals surface area contributed by atoms with E-state index in [0.717, 1.165) is 74.6 Å². The lowest BCUT2D eigenvalue weighted by molar-refractivity contribution is 0.113. The largest absolute Gasteiger partial charge is 0.454 e. The van der Waals surface area contributed by atoms with Gasteiger partial charge in [0.1, 0.15) is 0 Å². The molecule has 1 saturated heterocycles. The molecular weight excluding hydrogens is 620 g/mol. The van der Waals surface area contributed by atoms with Crippen LogP contribution in [0.4, 0.5) is 4.79 Å². The van der Waals surface area contributed by atoms with Gasteiger partial charge in [0.05, 0.1) is 0 Å². The summed E-state index contributed by atoms with van der Waals surface area (Å²) in [6.07, 6.45) is 2.74. The number of carbonyl (C=O) groups excluding carboxylic acids is 1. The summed E-state index contributed by atoms with van der Waals surface area (Å²) in [4.78, 5) is 18.4. The molecule has 5 aromatic rings. The third kappa shape index (κ3) is 8.91. The van der Waals surface area contributed by atoms with Gasteiger partial charge in [-0.15, -0.1) is 0 Å². The summed E-state index contributed by atoms with van der Waals surface area (Å²) in [6, 6.07) is 44.7. The molecule has 0 radical (unpaired) electrons. The Kier molecular flexibility index (Phi) is 11.0. The highest BCUT2D eigenvalue weighted by Crippen LogP contribution is 2.32. The number of ether oxygens (including phenoxy) is 2. The Bertz CT molecular complexity index is 1820. The SMILES string of the molecule is O=C(NCCc1ccccc1)N(Cc1cccc(-c2ccc(CNCc3ccc4c(c3)OCO4)cc2)c1)C1CCN(Cc2ccccc2)CC1. The fraction of sp³-hybridized carbons (Fsp3) is 0.279. The summed E-state index contributed by atoms with van der Waals surface area (Å²) in [5, 5.41) is 6.78. The summed E-state index contributed by atoms with van der Waals surface area (Å²) >= 11 is 0.